The third-order valence-electron chi connectivity index (χ3n) is 8.32. The predicted molar refractivity (Wildman–Crippen MR) is 89.5 cm³/mol. The van der Waals surface area contributed by atoms with Crippen LogP contribution in [0.1, 0.15) is 71.1 Å². The lowest BCUT2D eigenvalue weighted by Crippen LogP contribution is -2.54. The van der Waals surface area contributed by atoms with E-state index in [1.165, 1.54) is 6.42 Å². The minimum Gasteiger partial charge on any atom is -0.300 e. The van der Waals surface area contributed by atoms with E-state index in [1.807, 2.05) is 0 Å². The van der Waals surface area contributed by atoms with Crippen molar-refractivity contribution < 1.29 is 9.59 Å². The highest BCUT2D eigenvalue weighted by atomic mass is 16.1. The van der Waals surface area contributed by atoms with Crippen LogP contribution < -0.4 is 0 Å². The summed E-state index contributed by atoms with van der Waals surface area (Å²) in [5, 5.41) is 0. The fraction of sp³-hybridized carbons (Fsp3) is 0.810. The Bertz CT molecular complexity index is 585. The van der Waals surface area contributed by atoms with Crippen molar-refractivity contribution in [1.82, 2.24) is 0 Å². The molecular weight excluding hydrogens is 284 g/mol. The molecule has 4 saturated carbocycles. The average molecular weight is 312 g/mol. The van der Waals surface area contributed by atoms with Gasteiger partial charge in [0.05, 0.1) is 0 Å². The van der Waals surface area contributed by atoms with Gasteiger partial charge in [-0.25, -0.2) is 0 Å². The lowest BCUT2D eigenvalue weighted by Gasteiger charge is -2.60. The van der Waals surface area contributed by atoms with Gasteiger partial charge in [0, 0.05) is 31.1 Å². The molecule has 4 rings (SSSR count). The summed E-state index contributed by atoms with van der Waals surface area (Å²) in [5.41, 5.74) is 0.133. The molecule has 0 amide bonds. The molecule has 6 atom stereocenters. The van der Waals surface area contributed by atoms with Gasteiger partial charge in [-0.3, -0.25) is 9.59 Å². The SMILES string of the molecule is C#CC[C@]12CCC(=O)C[C@@H]1CC[C@@H]1[C@@H]2CC[C@]2(C)C(=O)CC[C@@H]12. The maximum absolute atomic E-state index is 12.5. The standard InChI is InChI=1S/C21H28O2/c1-3-10-21-12-8-15(22)13-14(21)4-5-16-17-6-7-19(23)20(17,2)11-9-18(16)21/h1,14,16-18H,4-13H2,2H3/t14-,16-,17-,18-,20-,21-/m0/s1. The minimum absolute atomic E-state index is 0.0597. The molecule has 0 aromatic heterocycles. The lowest BCUT2D eigenvalue weighted by atomic mass is 9.44. The van der Waals surface area contributed by atoms with Crippen LogP contribution in [0.3, 0.4) is 0 Å². The van der Waals surface area contributed by atoms with Crippen LogP contribution in [0.2, 0.25) is 0 Å². The second-order valence-electron chi connectivity index (χ2n) is 8.93. The monoisotopic (exact) mass is 312 g/mol. The van der Waals surface area contributed by atoms with Crippen LogP contribution >= 0.6 is 0 Å². The van der Waals surface area contributed by atoms with Crippen molar-refractivity contribution in [3.63, 3.8) is 0 Å². The molecular formula is C21H28O2. The number of Topliss-reactive ketones (excluding diaryl/α,β-unsaturated/α-hetero) is 2. The maximum Gasteiger partial charge on any atom is 0.139 e. The number of terminal acetylenes is 1. The molecule has 0 radical (unpaired) electrons. The molecule has 0 heterocycles. The molecule has 0 unspecified atom stereocenters. The zero-order valence-electron chi connectivity index (χ0n) is 14.3. The van der Waals surface area contributed by atoms with Gasteiger partial charge in [-0.15, -0.1) is 12.3 Å². The van der Waals surface area contributed by atoms with Crippen molar-refractivity contribution in [3.05, 3.63) is 0 Å². The van der Waals surface area contributed by atoms with Gasteiger partial charge in [0.15, 0.2) is 0 Å². The third-order valence-corrected chi connectivity index (χ3v) is 8.32. The maximum atomic E-state index is 12.5. The first-order valence-corrected chi connectivity index (χ1v) is 9.50. The zero-order chi connectivity index (χ0) is 16.2. The Hall–Kier alpha value is -1.10. The Balaban J connectivity index is 1.69. The second-order valence-corrected chi connectivity index (χ2v) is 8.93. The summed E-state index contributed by atoms with van der Waals surface area (Å²) in [6.07, 6.45) is 15.5. The largest absolute Gasteiger partial charge is 0.300 e. The first kappa shape index (κ1) is 15.4. The van der Waals surface area contributed by atoms with Gasteiger partial charge in [0.1, 0.15) is 11.6 Å². The number of ketones is 2. The van der Waals surface area contributed by atoms with Crippen molar-refractivity contribution in [2.24, 2.45) is 34.5 Å². The van der Waals surface area contributed by atoms with Crippen LogP contribution in [0.15, 0.2) is 0 Å². The molecule has 0 aromatic carbocycles. The zero-order valence-corrected chi connectivity index (χ0v) is 14.3. The highest BCUT2D eigenvalue weighted by molar-refractivity contribution is 5.87. The predicted octanol–water partition coefficient (Wildman–Crippen LogP) is 4.17. The molecule has 4 aliphatic carbocycles. The first-order chi connectivity index (χ1) is 11.0. The molecule has 0 saturated heterocycles. The number of hydrogen-bond acceptors (Lipinski definition) is 2. The van der Waals surface area contributed by atoms with Gasteiger partial charge in [0.2, 0.25) is 0 Å². The van der Waals surface area contributed by atoms with Crippen LogP contribution in [0, 0.1) is 46.8 Å². The highest BCUT2D eigenvalue weighted by Crippen LogP contribution is 2.66. The van der Waals surface area contributed by atoms with E-state index < -0.39 is 0 Å². The number of carbonyl (C=O) groups excluding carboxylic acids is 2. The van der Waals surface area contributed by atoms with Gasteiger partial charge < -0.3 is 0 Å². The van der Waals surface area contributed by atoms with Crippen molar-refractivity contribution in [1.29, 1.82) is 0 Å². The van der Waals surface area contributed by atoms with Crippen LogP contribution in [0.25, 0.3) is 0 Å². The van der Waals surface area contributed by atoms with Crippen molar-refractivity contribution in [2.75, 3.05) is 0 Å². The van der Waals surface area contributed by atoms with Crippen LogP contribution in [0.4, 0.5) is 0 Å². The summed E-state index contributed by atoms with van der Waals surface area (Å²) in [6, 6.07) is 0. The van der Waals surface area contributed by atoms with Crippen LogP contribution in [0.5, 0.6) is 0 Å². The van der Waals surface area contributed by atoms with Crippen LogP contribution in [-0.4, -0.2) is 11.6 Å². The number of fused-ring (bicyclic) bond motifs is 5. The van der Waals surface area contributed by atoms with Crippen LogP contribution in [-0.2, 0) is 9.59 Å². The van der Waals surface area contributed by atoms with E-state index >= 15 is 0 Å². The van der Waals surface area contributed by atoms with Crippen molar-refractivity contribution >= 4 is 11.6 Å². The third kappa shape index (κ3) is 2.01. The minimum atomic E-state index is -0.0597. The quantitative estimate of drug-likeness (QED) is 0.681. The molecule has 2 heteroatoms. The Morgan fingerprint density at radius 3 is 2.70 bits per heavy atom. The van der Waals surface area contributed by atoms with E-state index in [1.54, 1.807) is 0 Å². The fourth-order valence-corrected chi connectivity index (χ4v) is 7.16. The molecule has 4 fully saturated rings. The Labute approximate surface area is 139 Å². The molecule has 0 bridgehead atoms. The molecule has 4 aliphatic rings. The van der Waals surface area contributed by atoms with Gasteiger partial charge in [-0.1, -0.05) is 6.92 Å². The topological polar surface area (TPSA) is 34.1 Å². The summed E-state index contributed by atoms with van der Waals surface area (Å²) in [7, 11) is 0. The molecule has 0 spiro atoms. The fourth-order valence-electron chi connectivity index (χ4n) is 7.16. The van der Waals surface area contributed by atoms with Gasteiger partial charge in [-0.2, -0.15) is 0 Å². The smallest absolute Gasteiger partial charge is 0.139 e. The normalized spacial score (nSPS) is 49.0. The lowest BCUT2D eigenvalue weighted by molar-refractivity contribution is -0.146. The number of rotatable bonds is 1. The average Bonchev–Trinajstić information content (AvgIpc) is 2.84. The Morgan fingerprint density at radius 2 is 1.91 bits per heavy atom. The van der Waals surface area contributed by atoms with Gasteiger partial charge in [0.25, 0.3) is 0 Å². The number of carbonyl (C=O) groups is 2. The van der Waals surface area contributed by atoms with E-state index in [2.05, 4.69) is 12.8 Å². The van der Waals surface area contributed by atoms with Gasteiger partial charge in [-0.05, 0) is 67.6 Å². The molecule has 124 valence electrons. The summed E-state index contributed by atoms with van der Waals surface area (Å²) in [6.45, 7) is 2.23. The molecule has 23 heavy (non-hydrogen) atoms. The molecule has 0 N–H and O–H groups in total. The molecule has 2 nitrogen and oxygen atoms in total. The van der Waals surface area contributed by atoms with Gasteiger partial charge >= 0.3 is 0 Å². The summed E-state index contributed by atoms with van der Waals surface area (Å²) in [5.74, 6) is 6.31. The summed E-state index contributed by atoms with van der Waals surface area (Å²) in [4.78, 5) is 24.5. The Kier molecular flexibility index (Phi) is 3.49. The molecule has 0 aromatic rings. The van der Waals surface area contributed by atoms with E-state index in [4.69, 9.17) is 6.42 Å². The highest BCUT2D eigenvalue weighted by Gasteiger charge is 2.61. The Morgan fingerprint density at radius 1 is 1.09 bits per heavy atom. The van der Waals surface area contributed by atoms with E-state index in [-0.39, 0.29) is 10.8 Å². The van der Waals surface area contributed by atoms with E-state index in [9.17, 15) is 9.59 Å². The molecule has 0 aliphatic heterocycles. The second kappa shape index (κ2) is 5.20. The first-order valence-electron chi connectivity index (χ1n) is 9.50. The van der Waals surface area contributed by atoms with Crippen molar-refractivity contribution in [2.45, 2.75) is 71.1 Å². The summed E-state index contributed by atoms with van der Waals surface area (Å²) < 4.78 is 0. The number of hydrogen-bond donors (Lipinski definition) is 0. The van der Waals surface area contributed by atoms with E-state index in [0.29, 0.717) is 35.2 Å². The summed E-state index contributed by atoms with van der Waals surface area (Å²) >= 11 is 0. The van der Waals surface area contributed by atoms with Crippen molar-refractivity contribution in [3.8, 4) is 12.3 Å². The van der Waals surface area contributed by atoms with E-state index in [0.717, 1.165) is 57.8 Å².